The number of rotatable bonds is 8. The molecule has 0 aliphatic rings. The Kier molecular flexibility index (Phi) is 6.20. The van der Waals surface area contributed by atoms with Gasteiger partial charge in [-0.2, -0.15) is 4.98 Å². The molecule has 0 aliphatic carbocycles. The lowest BCUT2D eigenvalue weighted by atomic mass is 10.3. The summed E-state index contributed by atoms with van der Waals surface area (Å²) in [6.45, 7) is 2.05. The van der Waals surface area contributed by atoms with E-state index in [1.54, 1.807) is 43.3 Å². The Morgan fingerprint density at radius 1 is 1.09 bits per heavy atom. The van der Waals surface area contributed by atoms with Crippen LogP contribution in [0.2, 0.25) is 0 Å². The first-order chi connectivity index (χ1) is 15.8. The van der Waals surface area contributed by atoms with E-state index in [1.807, 2.05) is 0 Å². The zero-order valence-electron chi connectivity index (χ0n) is 17.3. The van der Waals surface area contributed by atoms with Gasteiger partial charge >= 0.3 is 0 Å². The maximum Gasteiger partial charge on any atom is 0.238 e. The number of hydrogen-bond acceptors (Lipinski definition) is 9. The van der Waals surface area contributed by atoms with Gasteiger partial charge in [0.15, 0.2) is 11.6 Å². The van der Waals surface area contributed by atoms with Crippen molar-refractivity contribution in [1.29, 1.82) is 0 Å². The smallest absolute Gasteiger partial charge is 0.238 e. The number of sulfonamides is 1. The van der Waals surface area contributed by atoms with Crippen LogP contribution >= 0.6 is 0 Å². The van der Waals surface area contributed by atoms with E-state index in [-0.39, 0.29) is 23.3 Å². The molecule has 4 N–H and O–H groups in total. The van der Waals surface area contributed by atoms with E-state index in [0.29, 0.717) is 28.6 Å². The normalized spacial score (nSPS) is 11.2. The molecule has 0 atom stereocenters. The molecule has 0 radical (unpaired) electrons. The third-order valence-electron chi connectivity index (χ3n) is 4.34. The Bertz CT molecular complexity index is 1380. The van der Waals surface area contributed by atoms with Crippen molar-refractivity contribution in [3.05, 3.63) is 78.1 Å². The van der Waals surface area contributed by atoms with E-state index in [2.05, 4.69) is 25.8 Å². The van der Waals surface area contributed by atoms with Crippen molar-refractivity contribution >= 4 is 33.2 Å². The molecule has 170 valence electrons. The third kappa shape index (κ3) is 5.81. The Labute approximate surface area is 188 Å². The van der Waals surface area contributed by atoms with Gasteiger partial charge in [-0.1, -0.05) is 11.2 Å². The van der Waals surface area contributed by atoms with Crippen molar-refractivity contribution in [2.45, 2.75) is 18.4 Å². The van der Waals surface area contributed by atoms with Crippen LogP contribution in [0.25, 0.3) is 0 Å². The van der Waals surface area contributed by atoms with Gasteiger partial charge in [0.25, 0.3) is 0 Å². The number of aryl methyl sites for hydroxylation is 1. The monoisotopic (exact) mass is 470 g/mol. The predicted octanol–water partition coefficient (Wildman–Crippen LogP) is 3.63. The topological polar surface area (TPSA) is 145 Å². The summed E-state index contributed by atoms with van der Waals surface area (Å²) in [6, 6.07) is 14.4. The molecular weight excluding hydrogens is 451 g/mol. The average molecular weight is 470 g/mol. The summed E-state index contributed by atoms with van der Waals surface area (Å²) < 4.78 is 47.9. The van der Waals surface area contributed by atoms with Crippen LogP contribution in [0.4, 0.5) is 27.5 Å². The highest BCUT2D eigenvalue weighted by Crippen LogP contribution is 2.23. The summed E-state index contributed by atoms with van der Waals surface area (Å²) in [5.41, 5.74) is 1.62. The van der Waals surface area contributed by atoms with Crippen molar-refractivity contribution in [1.82, 2.24) is 15.1 Å². The molecule has 4 rings (SSSR count). The maximum absolute atomic E-state index is 14.3. The number of benzene rings is 2. The molecule has 33 heavy (non-hydrogen) atoms. The van der Waals surface area contributed by atoms with E-state index in [4.69, 9.17) is 14.4 Å². The lowest BCUT2D eigenvalue weighted by molar-refractivity contribution is 0.288. The van der Waals surface area contributed by atoms with Crippen molar-refractivity contribution in [2.75, 3.05) is 10.6 Å². The molecule has 0 unspecified atom stereocenters. The van der Waals surface area contributed by atoms with Gasteiger partial charge in [0.1, 0.15) is 23.8 Å². The van der Waals surface area contributed by atoms with Crippen LogP contribution in [0.3, 0.4) is 0 Å². The number of halogens is 1. The van der Waals surface area contributed by atoms with E-state index < -0.39 is 15.8 Å². The Balaban J connectivity index is 1.44. The highest BCUT2D eigenvalue weighted by Gasteiger charge is 2.11. The molecule has 0 fully saturated rings. The van der Waals surface area contributed by atoms with Crippen molar-refractivity contribution in [3.8, 4) is 5.75 Å². The van der Waals surface area contributed by atoms with E-state index in [1.165, 1.54) is 18.2 Å². The molecule has 0 saturated heterocycles. The summed E-state index contributed by atoms with van der Waals surface area (Å²) >= 11 is 0. The van der Waals surface area contributed by atoms with Crippen LogP contribution in [0.15, 0.2) is 70.2 Å². The van der Waals surface area contributed by atoms with Gasteiger partial charge in [0.05, 0.1) is 11.1 Å². The summed E-state index contributed by atoms with van der Waals surface area (Å²) in [5, 5.41) is 14.7. The number of primary sulfonamides is 1. The fourth-order valence-electron chi connectivity index (χ4n) is 2.81. The molecule has 0 amide bonds. The molecule has 2 heterocycles. The minimum atomic E-state index is -3.87. The number of nitrogens with two attached hydrogens (primary N) is 1. The first kappa shape index (κ1) is 22.2. The molecule has 10 nitrogen and oxygen atoms in total. The van der Waals surface area contributed by atoms with E-state index >= 15 is 0 Å². The zero-order valence-corrected chi connectivity index (χ0v) is 18.1. The largest absolute Gasteiger partial charge is 0.487 e. The molecule has 12 heteroatoms. The summed E-state index contributed by atoms with van der Waals surface area (Å²) in [7, 11) is -3.87. The molecular formula is C21H19FN6O4S. The predicted molar refractivity (Wildman–Crippen MR) is 118 cm³/mol. The second kappa shape index (κ2) is 9.22. The maximum atomic E-state index is 14.3. The number of ether oxygens (including phenoxy) is 1. The number of aromatic nitrogens is 3. The quantitative estimate of drug-likeness (QED) is 0.351. The fourth-order valence-corrected chi connectivity index (χ4v) is 3.37. The molecule has 2 aromatic heterocycles. The first-order valence-corrected chi connectivity index (χ1v) is 11.2. The van der Waals surface area contributed by atoms with Crippen LogP contribution in [-0.4, -0.2) is 23.5 Å². The standard InChI is InChI=1S/C21H19FN6O4S/c1-13-9-16(28-32-13)12-31-17-7-5-14(6-8-17)25-20-19(22)11-24-21(27-20)26-15-3-2-4-18(10-15)33(23,29)30/h2-11H,12H2,1H3,(H2,23,29,30)(H2,24,25,26,27). The molecule has 2 aromatic carbocycles. The third-order valence-corrected chi connectivity index (χ3v) is 5.25. The molecule has 0 bridgehead atoms. The lowest BCUT2D eigenvalue weighted by Gasteiger charge is -2.11. The van der Waals surface area contributed by atoms with Crippen LogP contribution < -0.4 is 20.5 Å². The van der Waals surface area contributed by atoms with Crippen LogP contribution in [0.1, 0.15) is 11.5 Å². The van der Waals surface area contributed by atoms with Gasteiger partial charge in [-0.15, -0.1) is 0 Å². The minimum absolute atomic E-state index is 0.0633. The number of anilines is 4. The number of nitrogens with zero attached hydrogens (tertiary/aromatic N) is 3. The second-order valence-electron chi connectivity index (χ2n) is 6.95. The molecule has 0 saturated carbocycles. The SMILES string of the molecule is Cc1cc(COc2ccc(Nc3nc(Nc4cccc(S(N)(=O)=O)c4)ncc3F)cc2)no1. The molecule has 4 aromatic rings. The summed E-state index contributed by atoms with van der Waals surface area (Å²) in [5.74, 6) is 0.628. The number of hydrogen-bond donors (Lipinski definition) is 3. The Morgan fingerprint density at radius 2 is 1.88 bits per heavy atom. The zero-order chi connectivity index (χ0) is 23.4. The van der Waals surface area contributed by atoms with Crippen molar-refractivity contribution in [2.24, 2.45) is 5.14 Å². The summed E-state index contributed by atoms with van der Waals surface area (Å²) in [4.78, 5) is 7.93. The van der Waals surface area contributed by atoms with Gasteiger partial charge < -0.3 is 19.9 Å². The number of nitrogens with one attached hydrogen (secondary N) is 2. The second-order valence-corrected chi connectivity index (χ2v) is 8.52. The molecule has 0 spiro atoms. The summed E-state index contributed by atoms with van der Waals surface area (Å²) in [6.07, 6.45) is 0.999. The van der Waals surface area contributed by atoms with Crippen LogP contribution in [0.5, 0.6) is 5.75 Å². The Morgan fingerprint density at radius 3 is 2.58 bits per heavy atom. The van der Waals surface area contributed by atoms with Crippen LogP contribution in [0, 0.1) is 12.7 Å². The highest BCUT2D eigenvalue weighted by molar-refractivity contribution is 7.89. The molecule has 0 aliphatic heterocycles. The Hall–Kier alpha value is -4.03. The van der Waals surface area contributed by atoms with E-state index in [0.717, 1.165) is 6.20 Å². The van der Waals surface area contributed by atoms with Gasteiger partial charge in [0, 0.05) is 17.4 Å². The average Bonchev–Trinajstić information content (AvgIpc) is 3.20. The first-order valence-electron chi connectivity index (χ1n) is 9.61. The van der Waals surface area contributed by atoms with Gasteiger partial charge in [-0.3, -0.25) is 0 Å². The van der Waals surface area contributed by atoms with Gasteiger partial charge in [0.2, 0.25) is 16.0 Å². The van der Waals surface area contributed by atoms with Crippen molar-refractivity contribution in [3.63, 3.8) is 0 Å². The van der Waals surface area contributed by atoms with Crippen molar-refractivity contribution < 1.29 is 22.1 Å². The van der Waals surface area contributed by atoms with Gasteiger partial charge in [-0.05, 0) is 49.4 Å². The van der Waals surface area contributed by atoms with Crippen LogP contribution in [-0.2, 0) is 16.6 Å². The van der Waals surface area contributed by atoms with Gasteiger partial charge in [-0.25, -0.2) is 22.9 Å². The van der Waals surface area contributed by atoms with E-state index in [9.17, 15) is 12.8 Å². The fraction of sp³-hybridized carbons (Fsp3) is 0.0952. The lowest BCUT2D eigenvalue weighted by Crippen LogP contribution is -2.12. The highest BCUT2D eigenvalue weighted by atomic mass is 32.2. The minimum Gasteiger partial charge on any atom is -0.487 e.